The van der Waals surface area contributed by atoms with Crippen molar-refractivity contribution in [1.29, 1.82) is 0 Å². The summed E-state index contributed by atoms with van der Waals surface area (Å²) in [6.45, 7) is 7.01. The number of ether oxygens (including phenoxy) is 2. The van der Waals surface area contributed by atoms with E-state index in [0.29, 0.717) is 5.41 Å². The molecule has 1 heterocycles. The molecule has 2 aliphatic rings. The second-order valence-corrected chi connectivity index (χ2v) is 5.63. The molecule has 0 unspecified atom stereocenters. The fraction of sp³-hybridized carbons (Fsp3) is 1.00. The summed E-state index contributed by atoms with van der Waals surface area (Å²) in [4.78, 5) is 0. The molecule has 3 heteroatoms. The van der Waals surface area contributed by atoms with E-state index in [9.17, 15) is 0 Å². The van der Waals surface area contributed by atoms with Crippen LogP contribution in [-0.2, 0) is 9.47 Å². The van der Waals surface area contributed by atoms with Crippen molar-refractivity contribution < 1.29 is 9.47 Å². The van der Waals surface area contributed by atoms with Crippen LogP contribution in [0.5, 0.6) is 0 Å². The van der Waals surface area contributed by atoms with E-state index in [-0.39, 0.29) is 0 Å². The molecule has 0 amide bonds. The third-order valence-electron chi connectivity index (χ3n) is 4.02. The number of hydrogen-bond donors (Lipinski definition) is 1. The minimum Gasteiger partial charge on any atom is -0.381 e. The van der Waals surface area contributed by atoms with E-state index in [1.54, 1.807) is 0 Å². The van der Waals surface area contributed by atoms with Crippen LogP contribution in [0, 0.1) is 5.41 Å². The Morgan fingerprint density at radius 1 is 1.24 bits per heavy atom. The summed E-state index contributed by atoms with van der Waals surface area (Å²) in [5.74, 6) is 0. The van der Waals surface area contributed by atoms with Crippen LogP contribution in [0.2, 0.25) is 0 Å². The van der Waals surface area contributed by atoms with Gasteiger partial charge in [-0.15, -0.1) is 0 Å². The van der Waals surface area contributed by atoms with E-state index in [4.69, 9.17) is 9.47 Å². The maximum Gasteiger partial charge on any atom is 0.0471 e. The fourth-order valence-electron chi connectivity index (χ4n) is 2.50. The zero-order valence-corrected chi connectivity index (χ0v) is 11.2. The predicted molar refractivity (Wildman–Crippen MR) is 69.2 cm³/mol. The lowest BCUT2D eigenvalue weighted by Crippen LogP contribution is -2.40. The lowest BCUT2D eigenvalue weighted by atomic mass is 9.77. The van der Waals surface area contributed by atoms with Crippen molar-refractivity contribution in [3.05, 3.63) is 0 Å². The second kappa shape index (κ2) is 6.72. The summed E-state index contributed by atoms with van der Waals surface area (Å²) in [6.07, 6.45) is 7.45. The Bertz CT molecular complexity index is 210. The quantitative estimate of drug-likeness (QED) is 0.662. The maximum atomic E-state index is 5.66. The second-order valence-electron chi connectivity index (χ2n) is 5.63. The molecule has 0 aromatic rings. The van der Waals surface area contributed by atoms with Gasteiger partial charge in [0.1, 0.15) is 0 Å². The van der Waals surface area contributed by atoms with E-state index in [2.05, 4.69) is 12.2 Å². The Morgan fingerprint density at radius 2 is 2.00 bits per heavy atom. The molecule has 1 aliphatic carbocycles. The SMILES string of the molecule is CCCOCCC1(CNC2CC2)CCOCC1. The largest absolute Gasteiger partial charge is 0.381 e. The Balaban J connectivity index is 1.73. The minimum absolute atomic E-state index is 0.439. The van der Waals surface area contributed by atoms with Crippen molar-refractivity contribution in [3.8, 4) is 0 Å². The summed E-state index contributed by atoms with van der Waals surface area (Å²) >= 11 is 0. The van der Waals surface area contributed by atoms with Gasteiger partial charge < -0.3 is 14.8 Å². The van der Waals surface area contributed by atoms with Crippen molar-refractivity contribution >= 4 is 0 Å². The third-order valence-corrected chi connectivity index (χ3v) is 4.02. The molecular formula is C14H27NO2. The molecule has 1 saturated heterocycles. The van der Waals surface area contributed by atoms with Crippen LogP contribution in [-0.4, -0.2) is 39.0 Å². The molecule has 0 radical (unpaired) electrons. The molecular weight excluding hydrogens is 214 g/mol. The molecule has 0 atom stereocenters. The molecule has 100 valence electrons. The molecule has 0 aromatic heterocycles. The van der Waals surface area contributed by atoms with Crippen LogP contribution in [0.15, 0.2) is 0 Å². The van der Waals surface area contributed by atoms with Gasteiger partial charge >= 0.3 is 0 Å². The predicted octanol–water partition coefficient (Wildman–Crippen LogP) is 2.35. The Labute approximate surface area is 105 Å². The van der Waals surface area contributed by atoms with Gasteiger partial charge in [0.25, 0.3) is 0 Å². The third kappa shape index (κ3) is 4.57. The lowest BCUT2D eigenvalue weighted by molar-refractivity contribution is -0.00631. The maximum absolute atomic E-state index is 5.66. The zero-order valence-electron chi connectivity index (χ0n) is 11.2. The minimum atomic E-state index is 0.439. The number of rotatable bonds is 8. The molecule has 0 spiro atoms. The van der Waals surface area contributed by atoms with Gasteiger partial charge in [-0.1, -0.05) is 6.92 Å². The number of hydrogen-bond acceptors (Lipinski definition) is 3. The van der Waals surface area contributed by atoms with Crippen LogP contribution < -0.4 is 5.32 Å². The zero-order chi connectivity index (χ0) is 12.0. The first-order valence-corrected chi connectivity index (χ1v) is 7.23. The molecule has 2 fully saturated rings. The van der Waals surface area contributed by atoms with Gasteiger partial charge in [0.15, 0.2) is 0 Å². The van der Waals surface area contributed by atoms with Crippen molar-refractivity contribution in [2.45, 2.75) is 51.5 Å². The molecule has 0 aromatic carbocycles. The van der Waals surface area contributed by atoms with Crippen molar-refractivity contribution in [1.82, 2.24) is 5.32 Å². The van der Waals surface area contributed by atoms with Gasteiger partial charge in [-0.2, -0.15) is 0 Å². The lowest BCUT2D eigenvalue weighted by Gasteiger charge is -2.37. The topological polar surface area (TPSA) is 30.5 Å². The standard InChI is InChI=1S/C14H27NO2/c1-2-8-16-9-5-14(6-10-17-11-7-14)12-15-13-3-4-13/h13,15H,2-12H2,1H3. The fourth-order valence-corrected chi connectivity index (χ4v) is 2.50. The molecule has 2 rings (SSSR count). The average Bonchev–Trinajstić information content (AvgIpc) is 3.18. The van der Waals surface area contributed by atoms with Gasteiger partial charge in [-0.05, 0) is 43.9 Å². The first-order valence-electron chi connectivity index (χ1n) is 7.23. The van der Waals surface area contributed by atoms with Gasteiger partial charge in [0.2, 0.25) is 0 Å². The van der Waals surface area contributed by atoms with Gasteiger partial charge in [0, 0.05) is 39.0 Å². The molecule has 0 bridgehead atoms. The van der Waals surface area contributed by atoms with E-state index in [1.165, 1.54) is 32.1 Å². The van der Waals surface area contributed by atoms with Crippen molar-refractivity contribution in [2.75, 3.05) is 33.0 Å². The van der Waals surface area contributed by atoms with Crippen LogP contribution in [0.3, 0.4) is 0 Å². The first kappa shape index (κ1) is 13.3. The molecule has 1 N–H and O–H groups in total. The Morgan fingerprint density at radius 3 is 2.65 bits per heavy atom. The van der Waals surface area contributed by atoms with E-state index in [1.807, 2.05) is 0 Å². The Hall–Kier alpha value is -0.120. The smallest absolute Gasteiger partial charge is 0.0471 e. The molecule has 3 nitrogen and oxygen atoms in total. The highest BCUT2D eigenvalue weighted by Crippen LogP contribution is 2.34. The van der Waals surface area contributed by atoms with Crippen molar-refractivity contribution in [2.24, 2.45) is 5.41 Å². The van der Waals surface area contributed by atoms with Crippen LogP contribution in [0.1, 0.15) is 45.4 Å². The highest BCUT2D eigenvalue weighted by Gasteiger charge is 2.34. The summed E-state index contributed by atoms with van der Waals surface area (Å²) in [7, 11) is 0. The molecule has 1 saturated carbocycles. The van der Waals surface area contributed by atoms with E-state index >= 15 is 0 Å². The highest BCUT2D eigenvalue weighted by atomic mass is 16.5. The monoisotopic (exact) mass is 241 g/mol. The summed E-state index contributed by atoms with van der Waals surface area (Å²) < 4.78 is 11.2. The normalized spacial score (nSPS) is 23.8. The molecule has 1 aliphatic heterocycles. The summed E-state index contributed by atoms with van der Waals surface area (Å²) in [5.41, 5.74) is 0.439. The van der Waals surface area contributed by atoms with Gasteiger partial charge in [0.05, 0.1) is 0 Å². The van der Waals surface area contributed by atoms with Crippen LogP contribution in [0.25, 0.3) is 0 Å². The van der Waals surface area contributed by atoms with Crippen molar-refractivity contribution in [3.63, 3.8) is 0 Å². The van der Waals surface area contributed by atoms with Crippen LogP contribution in [0.4, 0.5) is 0 Å². The Kier molecular flexibility index (Phi) is 5.26. The number of nitrogens with one attached hydrogen (secondary N) is 1. The van der Waals surface area contributed by atoms with Gasteiger partial charge in [-0.3, -0.25) is 0 Å². The van der Waals surface area contributed by atoms with Gasteiger partial charge in [-0.25, -0.2) is 0 Å². The first-order chi connectivity index (χ1) is 8.35. The molecule has 17 heavy (non-hydrogen) atoms. The summed E-state index contributed by atoms with van der Waals surface area (Å²) in [5, 5.41) is 3.70. The van der Waals surface area contributed by atoms with E-state index < -0.39 is 0 Å². The van der Waals surface area contributed by atoms with Crippen LogP contribution >= 0.6 is 0 Å². The highest BCUT2D eigenvalue weighted by molar-refractivity contribution is 4.89. The average molecular weight is 241 g/mol. The van der Waals surface area contributed by atoms with E-state index in [0.717, 1.165) is 45.4 Å². The summed E-state index contributed by atoms with van der Waals surface area (Å²) in [6, 6.07) is 0.811.